The van der Waals surface area contributed by atoms with Gasteiger partial charge in [-0.05, 0) is 35.4 Å². The molecule has 0 aliphatic rings. The van der Waals surface area contributed by atoms with Gasteiger partial charge in [-0.15, -0.1) is 0 Å². The van der Waals surface area contributed by atoms with Gasteiger partial charge in [0.2, 0.25) is 0 Å². The van der Waals surface area contributed by atoms with Crippen molar-refractivity contribution in [2.75, 3.05) is 0 Å². The molecule has 2 aromatic heterocycles. The Balaban J connectivity index is 1.69. The van der Waals surface area contributed by atoms with E-state index in [0.29, 0.717) is 10.0 Å². The molecule has 140 valence electrons. The molecule has 0 N–H and O–H groups in total. The zero-order chi connectivity index (χ0) is 19.3. The average Bonchev–Trinajstić information content (AvgIpc) is 3.38. The molecule has 1 unspecified atom stereocenters. The van der Waals surface area contributed by atoms with E-state index in [1.165, 1.54) is 5.56 Å². The summed E-state index contributed by atoms with van der Waals surface area (Å²) in [6.45, 7) is 0.758. The third-order valence-electron chi connectivity index (χ3n) is 4.64. The van der Waals surface area contributed by atoms with Crippen LogP contribution < -0.4 is 0 Å². The van der Waals surface area contributed by atoms with Gasteiger partial charge >= 0.3 is 0 Å². The Kier molecular flexibility index (Phi) is 5.65. The molecule has 4 aromatic rings. The average molecular weight is 408 g/mol. The highest BCUT2D eigenvalue weighted by Crippen LogP contribution is 2.33. The van der Waals surface area contributed by atoms with E-state index in [1.54, 1.807) is 12.3 Å². The normalized spacial score (nSPS) is 12.5. The van der Waals surface area contributed by atoms with Crippen molar-refractivity contribution in [3.63, 3.8) is 0 Å². The van der Waals surface area contributed by atoms with Gasteiger partial charge in [-0.3, -0.25) is 0 Å². The van der Waals surface area contributed by atoms with Crippen LogP contribution in [0.1, 0.15) is 22.9 Å². The molecule has 3 nitrogen and oxygen atoms in total. The number of halogens is 2. The second kappa shape index (κ2) is 8.51. The first-order valence-corrected chi connectivity index (χ1v) is 9.77. The molecule has 0 radical (unpaired) electrons. The van der Waals surface area contributed by atoms with Crippen LogP contribution in [-0.2, 0) is 6.54 Å². The Hall–Kier alpha value is -2.75. The predicted molar refractivity (Wildman–Crippen MR) is 116 cm³/mol. The molecular formula is C23H19Cl2N3. The Morgan fingerprint density at radius 3 is 2.57 bits per heavy atom. The zero-order valence-electron chi connectivity index (χ0n) is 15.1. The van der Waals surface area contributed by atoms with Crippen LogP contribution in [-0.4, -0.2) is 14.1 Å². The summed E-state index contributed by atoms with van der Waals surface area (Å²) in [6, 6.07) is 20.0. The fraction of sp³-hybridized carbons (Fsp3) is 0.0870. The summed E-state index contributed by atoms with van der Waals surface area (Å²) in [5, 5.41) is 1.26. The number of hydrogen-bond acceptors (Lipinski definition) is 1. The van der Waals surface area contributed by atoms with Gasteiger partial charge < -0.3 is 9.13 Å². The maximum atomic E-state index is 6.55. The van der Waals surface area contributed by atoms with Crippen molar-refractivity contribution < 1.29 is 0 Å². The highest BCUT2D eigenvalue weighted by atomic mass is 35.5. The molecule has 0 aliphatic heterocycles. The van der Waals surface area contributed by atoms with Crippen molar-refractivity contribution >= 4 is 29.3 Å². The van der Waals surface area contributed by atoms with Gasteiger partial charge in [0.1, 0.15) is 6.04 Å². The van der Waals surface area contributed by atoms with E-state index >= 15 is 0 Å². The quantitative estimate of drug-likeness (QED) is 0.365. The summed E-state index contributed by atoms with van der Waals surface area (Å²) in [5.41, 5.74) is 3.29. The molecule has 2 heterocycles. The lowest BCUT2D eigenvalue weighted by molar-refractivity contribution is 0.614. The molecule has 0 amide bonds. The van der Waals surface area contributed by atoms with Gasteiger partial charge in [0.05, 0.1) is 6.33 Å². The number of rotatable bonds is 6. The fourth-order valence-electron chi connectivity index (χ4n) is 3.33. The Labute approximate surface area is 174 Å². The van der Waals surface area contributed by atoms with E-state index < -0.39 is 0 Å². The van der Waals surface area contributed by atoms with Crippen LogP contribution in [0, 0.1) is 0 Å². The van der Waals surface area contributed by atoms with Gasteiger partial charge in [-0.1, -0.05) is 71.8 Å². The number of aromatic nitrogens is 3. The van der Waals surface area contributed by atoms with Crippen LogP contribution in [0.25, 0.3) is 6.08 Å². The Bertz CT molecular complexity index is 1070. The molecule has 0 saturated carbocycles. The summed E-state index contributed by atoms with van der Waals surface area (Å²) in [6.07, 6.45) is 11.9. The first kappa shape index (κ1) is 18.6. The minimum absolute atomic E-state index is 0.0904. The van der Waals surface area contributed by atoms with E-state index in [9.17, 15) is 0 Å². The third-order valence-corrected chi connectivity index (χ3v) is 5.20. The summed E-state index contributed by atoms with van der Waals surface area (Å²) in [5.74, 6) is 0. The minimum atomic E-state index is -0.0904. The Morgan fingerprint density at radius 2 is 1.82 bits per heavy atom. The lowest BCUT2D eigenvalue weighted by Gasteiger charge is -2.22. The minimum Gasteiger partial charge on any atom is -0.345 e. The summed E-state index contributed by atoms with van der Waals surface area (Å²) in [7, 11) is 0. The molecule has 0 fully saturated rings. The van der Waals surface area contributed by atoms with E-state index in [1.807, 2.05) is 42.9 Å². The molecule has 5 heteroatoms. The van der Waals surface area contributed by atoms with Crippen molar-refractivity contribution in [2.45, 2.75) is 12.6 Å². The maximum absolute atomic E-state index is 6.55. The molecule has 0 bridgehead atoms. The van der Waals surface area contributed by atoms with Gasteiger partial charge in [0, 0.05) is 40.9 Å². The molecule has 2 aromatic carbocycles. The number of benzene rings is 2. The van der Waals surface area contributed by atoms with E-state index in [0.717, 1.165) is 17.8 Å². The molecule has 0 aliphatic carbocycles. The smallest absolute Gasteiger partial charge is 0.101 e. The topological polar surface area (TPSA) is 22.8 Å². The maximum Gasteiger partial charge on any atom is 0.101 e. The Morgan fingerprint density at radius 1 is 0.964 bits per heavy atom. The molecule has 0 saturated heterocycles. The van der Waals surface area contributed by atoms with Gasteiger partial charge in [0.25, 0.3) is 0 Å². The summed E-state index contributed by atoms with van der Waals surface area (Å²) < 4.78 is 4.27. The molecule has 28 heavy (non-hydrogen) atoms. The van der Waals surface area contributed by atoms with Crippen molar-refractivity contribution in [3.05, 3.63) is 119 Å². The third kappa shape index (κ3) is 4.06. The lowest BCUT2D eigenvalue weighted by Crippen LogP contribution is -2.15. The second-order valence-electron chi connectivity index (χ2n) is 6.48. The number of allylic oxidation sites excluding steroid dienone is 1. The number of hydrogen-bond donors (Lipinski definition) is 0. The van der Waals surface area contributed by atoms with Crippen LogP contribution in [0.2, 0.25) is 10.0 Å². The van der Waals surface area contributed by atoms with Crippen LogP contribution in [0.5, 0.6) is 0 Å². The van der Waals surface area contributed by atoms with Crippen LogP contribution >= 0.6 is 23.2 Å². The molecular weight excluding hydrogens is 389 g/mol. The van der Waals surface area contributed by atoms with Crippen LogP contribution in [0.3, 0.4) is 0 Å². The summed E-state index contributed by atoms with van der Waals surface area (Å²) in [4.78, 5) is 4.23. The van der Waals surface area contributed by atoms with Crippen LogP contribution in [0.15, 0.2) is 91.7 Å². The largest absolute Gasteiger partial charge is 0.345 e. The molecule has 0 spiro atoms. The van der Waals surface area contributed by atoms with E-state index in [-0.39, 0.29) is 6.04 Å². The van der Waals surface area contributed by atoms with E-state index in [2.05, 4.69) is 56.7 Å². The SMILES string of the molecule is Clc1ccc(C(c2cccn2C/C=C/c2ccccc2)n2ccnc2)c(Cl)c1. The first-order chi connectivity index (χ1) is 13.7. The lowest BCUT2D eigenvalue weighted by atomic mass is 10.0. The van der Waals surface area contributed by atoms with Crippen LogP contribution in [0.4, 0.5) is 0 Å². The highest BCUT2D eigenvalue weighted by molar-refractivity contribution is 6.35. The highest BCUT2D eigenvalue weighted by Gasteiger charge is 2.21. The van der Waals surface area contributed by atoms with Crippen molar-refractivity contribution in [1.82, 2.24) is 14.1 Å². The van der Waals surface area contributed by atoms with Crippen molar-refractivity contribution in [3.8, 4) is 0 Å². The molecule has 4 rings (SSSR count). The van der Waals surface area contributed by atoms with Crippen molar-refractivity contribution in [2.24, 2.45) is 0 Å². The number of nitrogens with zero attached hydrogens (tertiary/aromatic N) is 3. The fourth-order valence-corrected chi connectivity index (χ4v) is 3.84. The monoisotopic (exact) mass is 407 g/mol. The predicted octanol–water partition coefficient (Wildman–Crippen LogP) is 6.34. The van der Waals surface area contributed by atoms with Gasteiger partial charge in [-0.25, -0.2) is 4.98 Å². The second-order valence-corrected chi connectivity index (χ2v) is 7.32. The molecule has 1 atom stereocenters. The summed E-state index contributed by atoms with van der Waals surface area (Å²) >= 11 is 12.7. The standard InChI is InChI=1S/C23H19Cl2N3/c24-19-10-11-20(21(25)16-19)23(28-15-12-26-17-28)22-9-5-14-27(22)13-4-8-18-6-2-1-3-7-18/h1-12,14-17,23H,13H2/b8-4+. The van der Waals surface area contributed by atoms with Gasteiger partial charge in [0.15, 0.2) is 0 Å². The van der Waals surface area contributed by atoms with Gasteiger partial charge in [-0.2, -0.15) is 0 Å². The van der Waals surface area contributed by atoms with Crippen molar-refractivity contribution in [1.29, 1.82) is 0 Å². The number of imidazole rings is 1. The zero-order valence-corrected chi connectivity index (χ0v) is 16.6. The van der Waals surface area contributed by atoms with E-state index in [4.69, 9.17) is 23.2 Å². The first-order valence-electron chi connectivity index (χ1n) is 9.01.